The van der Waals surface area contributed by atoms with Gasteiger partial charge in [-0.1, -0.05) is 13.0 Å². The van der Waals surface area contributed by atoms with E-state index in [4.69, 9.17) is 14.6 Å². The van der Waals surface area contributed by atoms with Crippen molar-refractivity contribution in [3.05, 3.63) is 23.3 Å². The first-order valence-corrected chi connectivity index (χ1v) is 7.58. The summed E-state index contributed by atoms with van der Waals surface area (Å²) in [6, 6.07) is 4.08. The third kappa shape index (κ3) is 2.70. The molecule has 0 aromatic heterocycles. The number of carboxylic acid groups (broad SMARTS) is 1. The first kappa shape index (κ1) is 14.2. The van der Waals surface area contributed by atoms with Crippen LogP contribution in [0.2, 0.25) is 0 Å². The molecule has 1 saturated heterocycles. The zero-order valence-electron chi connectivity index (χ0n) is 12.2. The van der Waals surface area contributed by atoms with Crippen molar-refractivity contribution in [1.29, 1.82) is 0 Å². The van der Waals surface area contributed by atoms with Crippen LogP contribution in [0, 0.1) is 5.92 Å². The number of carboxylic acids is 1. The minimum Gasteiger partial charge on any atom is -0.490 e. The smallest absolute Gasteiger partial charge is 0.307 e. The van der Waals surface area contributed by atoms with Crippen molar-refractivity contribution in [2.45, 2.75) is 32.2 Å². The summed E-state index contributed by atoms with van der Waals surface area (Å²) in [4.78, 5) is 11.1. The Morgan fingerprint density at radius 3 is 2.90 bits per heavy atom. The van der Waals surface area contributed by atoms with Gasteiger partial charge in [0.05, 0.1) is 19.1 Å². The van der Waals surface area contributed by atoms with E-state index < -0.39 is 5.97 Å². The Hall–Kier alpha value is -1.75. The fourth-order valence-corrected chi connectivity index (χ4v) is 3.16. The molecule has 0 bridgehead atoms. The number of benzene rings is 1. The Bertz CT molecular complexity index is 543. The molecule has 0 spiro atoms. The second kappa shape index (κ2) is 5.93. The molecule has 0 amide bonds. The number of fused-ring (bicyclic) bond motifs is 1. The number of aliphatic carboxylic acids is 1. The van der Waals surface area contributed by atoms with E-state index in [0.29, 0.717) is 26.2 Å². The number of rotatable bonds is 3. The van der Waals surface area contributed by atoms with Crippen molar-refractivity contribution in [1.82, 2.24) is 5.32 Å². The van der Waals surface area contributed by atoms with E-state index in [2.05, 4.69) is 12.2 Å². The largest absolute Gasteiger partial charge is 0.490 e. The van der Waals surface area contributed by atoms with E-state index in [1.807, 2.05) is 12.1 Å². The highest BCUT2D eigenvalue weighted by Crippen LogP contribution is 2.40. The summed E-state index contributed by atoms with van der Waals surface area (Å²) >= 11 is 0. The molecule has 0 aliphatic carbocycles. The fourth-order valence-electron chi connectivity index (χ4n) is 3.16. The predicted octanol–water partition coefficient (Wildman–Crippen LogP) is 2.15. The molecule has 2 unspecified atom stereocenters. The molecular formula is C16H21NO4. The lowest BCUT2D eigenvalue weighted by Gasteiger charge is -2.20. The van der Waals surface area contributed by atoms with Crippen LogP contribution in [0.1, 0.15) is 36.9 Å². The summed E-state index contributed by atoms with van der Waals surface area (Å²) in [5, 5.41) is 12.5. The lowest BCUT2D eigenvalue weighted by atomic mass is 9.94. The van der Waals surface area contributed by atoms with Gasteiger partial charge in [-0.15, -0.1) is 0 Å². The number of carbonyl (C=O) groups is 1. The molecule has 5 heteroatoms. The first-order chi connectivity index (χ1) is 10.2. The van der Waals surface area contributed by atoms with Gasteiger partial charge in [-0.3, -0.25) is 4.79 Å². The van der Waals surface area contributed by atoms with Crippen molar-refractivity contribution in [2.24, 2.45) is 5.92 Å². The highest BCUT2D eigenvalue weighted by molar-refractivity contribution is 5.71. The topological polar surface area (TPSA) is 67.8 Å². The highest BCUT2D eigenvalue weighted by atomic mass is 16.5. The lowest BCUT2D eigenvalue weighted by Crippen LogP contribution is -2.18. The van der Waals surface area contributed by atoms with Gasteiger partial charge in [0.1, 0.15) is 0 Å². The summed E-state index contributed by atoms with van der Waals surface area (Å²) in [6.45, 7) is 3.96. The Morgan fingerprint density at radius 1 is 1.38 bits per heavy atom. The summed E-state index contributed by atoms with van der Waals surface area (Å²) in [5.41, 5.74) is 2.28. The number of hydrogen-bond acceptors (Lipinski definition) is 4. The van der Waals surface area contributed by atoms with Crippen LogP contribution >= 0.6 is 0 Å². The summed E-state index contributed by atoms with van der Waals surface area (Å²) in [5.74, 6) is 0.613. The molecule has 1 aromatic carbocycles. The molecule has 2 aliphatic heterocycles. The van der Waals surface area contributed by atoms with Gasteiger partial charge < -0.3 is 19.9 Å². The van der Waals surface area contributed by atoms with Crippen LogP contribution in [0.5, 0.6) is 11.5 Å². The molecule has 1 aromatic rings. The van der Waals surface area contributed by atoms with Crippen molar-refractivity contribution in [3.63, 3.8) is 0 Å². The SMILES string of the molecule is CCc1c(C2CC(C(=O)O)CN2)ccc2c1OCCCO2. The minimum absolute atomic E-state index is 0.0817. The van der Waals surface area contributed by atoms with Gasteiger partial charge in [-0.25, -0.2) is 0 Å². The van der Waals surface area contributed by atoms with Crippen molar-refractivity contribution < 1.29 is 19.4 Å². The highest BCUT2D eigenvalue weighted by Gasteiger charge is 2.32. The molecule has 5 nitrogen and oxygen atoms in total. The third-order valence-electron chi connectivity index (χ3n) is 4.26. The lowest BCUT2D eigenvalue weighted by molar-refractivity contribution is -0.141. The van der Waals surface area contributed by atoms with Crippen LogP contribution in [0.3, 0.4) is 0 Å². The molecule has 0 radical (unpaired) electrons. The van der Waals surface area contributed by atoms with Crippen molar-refractivity contribution in [2.75, 3.05) is 19.8 Å². The molecule has 0 saturated carbocycles. The Labute approximate surface area is 124 Å². The normalized spacial score (nSPS) is 24.6. The minimum atomic E-state index is -0.725. The standard InChI is InChI=1S/C16H21NO4/c1-2-11-12(13-8-10(9-17-13)16(18)19)4-5-14-15(11)21-7-3-6-20-14/h4-5,10,13,17H,2-3,6-9H2,1H3,(H,18,19). The maximum absolute atomic E-state index is 11.1. The van der Waals surface area contributed by atoms with Crippen LogP contribution in [0.15, 0.2) is 12.1 Å². The van der Waals surface area contributed by atoms with Gasteiger partial charge in [-0.2, -0.15) is 0 Å². The Morgan fingerprint density at radius 2 is 2.19 bits per heavy atom. The average Bonchev–Trinajstić information content (AvgIpc) is 2.85. The van der Waals surface area contributed by atoms with Crippen LogP contribution in [0.25, 0.3) is 0 Å². The molecular weight excluding hydrogens is 270 g/mol. The second-order valence-corrected chi connectivity index (χ2v) is 5.60. The molecule has 2 heterocycles. The maximum atomic E-state index is 11.1. The Balaban J connectivity index is 1.92. The Kier molecular flexibility index (Phi) is 4.01. The van der Waals surface area contributed by atoms with Gasteiger partial charge in [0.15, 0.2) is 11.5 Å². The monoisotopic (exact) mass is 291 g/mol. The van der Waals surface area contributed by atoms with E-state index in [1.165, 1.54) is 0 Å². The van der Waals surface area contributed by atoms with Gasteiger partial charge in [-0.05, 0) is 24.5 Å². The maximum Gasteiger partial charge on any atom is 0.307 e. The van der Waals surface area contributed by atoms with Crippen LogP contribution in [-0.4, -0.2) is 30.8 Å². The van der Waals surface area contributed by atoms with Crippen molar-refractivity contribution in [3.8, 4) is 11.5 Å². The van der Waals surface area contributed by atoms with Crippen LogP contribution in [-0.2, 0) is 11.2 Å². The van der Waals surface area contributed by atoms with Crippen LogP contribution < -0.4 is 14.8 Å². The third-order valence-corrected chi connectivity index (χ3v) is 4.26. The molecule has 2 N–H and O–H groups in total. The fraction of sp³-hybridized carbons (Fsp3) is 0.562. The molecule has 3 rings (SSSR count). The molecule has 114 valence electrons. The van der Waals surface area contributed by atoms with Crippen LogP contribution in [0.4, 0.5) is 0 Å². The molecule has 1 fully saturated rings. The summed E-state index contributed by atoms with van der Waals surface area (Å²) < 4.78 is 11.6. The van der Waals surface area contributed by atoms with E-state index in [1.54, 1.807) is 0 Å². The van der Waals surface area contributed by atoms with Gasteiger partial charge in [0.25, 0.3) is 0 Å². The van der Waals surface area contributed by atoms with E-state index in [0.717, 1.165) is 35.5 Å². The number of nitrogens with one attached hydrogen (secondary N) is 1. The average molecular weight is 291 g/mol. The molecule has 2 atom stereocenters. The zero-order valence-corrected chi connectivity index (χ0v) is 12.2. The predicted molar refractivity (Wildman–Crippen MR) is 77.9 cm³/mol. The first-order valence-electron chi connectivity index (χ1n) is 7.58. The van der Waals surface area contributed by atoms with E-state index >= 15 is 0 Å². The number of hydrogen-bond donors (Lipinski definition) is 2. The quantitative estimate of drug-likeness (QED) is 0.893. The number of ether oxygens (including phenoxy) is 2. The van der Waals surface area contributed by atoms with Gasteiger partial charge in [0, 0.05) is 24.6 Å². The van der Waals surface area contributed by atoms with Gasteiger partial charge >= 0.3 is 5.97 Å². The molecule has 21 heavy (non-hydrogen) atoms. The second-order valence-electron chi connectivity index (χ2n) is 5.60. The summed E-state index contributed by atoms with van der Waals surface area (Å²) in [7, 11) is 0. The molecule has 2 aliphatic rings. The van der Waals surface area contributed by atoms with E-state index in [9.17, 15) is 4.79 Å². The van der Waals surface area contributed by atoms with Gasteiger partial charge in [0.2, 0.25) is 0 Å². The summed E-state index contributed by atoms with van der Waals surface area (Å²) in [6.07, 6.45) is 2.36. The van der Waals surface area contributed by atoms with Crippen molar-refractivity contribution >= 4 is 5.97 Å². The zero-order chi connectivity index (χ0) is 14.8. The van der Waals surface area contributed by atoms with E-state index in [-0.39, 0.29) is 12.0 Å².